The largest absolute Gasteiger partial charge is 0.473 e. The van der Waals surface area contributed by atoms with Crippen molar-refractivity contribution >= 4 is 28.6 Å². The van der Waals surface area contributed by atoms with Crippen molar-refractivity contribution in [1.29, 1.82) is 0 Å². The molecule has 4 rings (SSSR count). The summed E-state index contributed by atoms with van der Waals surface area (Å²) in [6, 6.07) is 18.5. The van der Waals surface area contributed by atoms with Gasteiger partial charge >= 0.3 is 11.9 Å². The van der Waals surface area contributed by atoms with E-state index in [0.29, 0.717) is 0 Å². The molecule has 28 heavy (non-hydrogen) atoms. The number of rotatable bonds is 3. The van der Waals surface area contributed by atoms with Gasteiger partial charge in [-0.05, 0) is 24.1 Å². The average Bonchev–Trinajstić information content (AvgIpc) is 3.14. The molecule has 2 N–H and O–H groups in total. The van der Waals surface area contributed by atoms with E-state index in [-0.39, 0.29) is 0 Å². The highest BCUT2D eigenvalue weighted by molar-refractivity contribution is 6.27. The number of aliphatic carboxylic acids is 2. The molecular weight excluding hydrogens is 360 g/mol. The monoisotopic (exact) mass is 380 g/mol. The molecule has 2 aromatic carbocycles. The molecule has 144 valence electrons. The van der Waals surface area contributed by atoms with Crippen molar-refractivity contribution in [2.24, 2.45) is 0 Å². The second kappa shape index (κ2) is 8.96. The molecule has 0 amide bonds. The number of aromatic nitrogens is 1. The second-order valence-electron chi connectivity index (χ2n) is 6.30. The van der Waals surface area contributed by atoms with Gasteiger partial charge in [-0.3, -0.25) is 4.90 Å². The van der Waals surface area contributed by atoms with E-state index in [4.69, 9.17) is 24.2 Å². The summed E-state index contributed by atoms with van der Waals surface area (Å²) in [5.41, 5.74) is 4.39. The van der Waals surface area contributed by atoms with Gasteiger partial charge < -0.3 is 14.6 Å². The predicted molar refractivity (Wildman–Crippen MR) is 104 cm³/mol. The third-order valence-electron chi connectivity index (χ3n) is 4.29. The zero-order valence-corrected chi connectivity index (χ0v) is 15.1. The number of carboxylic acid groups (broad SMARTS) is 2. The van der Waals surface area contributed by atoms with Gasteiger partial charge in [-0.2, -0.15) is 0 Å². The first kappa shape index (κ1) is 19.3. The predicted octanol–water partition coefficient (Wildman–Crippen LogP) is 3.27. The smallest absolute Gasteiger partial charge is 0.414 e. The van der Waals surface area contributed by atoms with Crippen molar-refractivity contribution < 1.29 is 24.2 Å². The van der Waals surface area contributed by atoms with Crippen LogP contribution >= 0.6 is 0 Å². The van der Waals surface area contributed by atoms with Crippen LogP contribution in [0.25, 0.3) is 16.7 Å². The van der Waals surface area contributed by atoms with E-state index < -0.39 is 11.9 Å². The Hall–Kier alpha value is -3.45. The second-order valence-corrected chi connectivity index (χ2v) is 6.30. The molecule has 1 aliphatic rings. The highest BCUT2D eigenvalue weighted by atomic mass is 16.4. The zero-order valence-electron chi connectivity index (χ0n) is 15.1. The number of hydrogen-bond acceptors (Lipinski definition) is 5. The molecule has 0 fully saturated rings. The fraction of sp³-hybridized carbons (Fsp3) is 0.190. The van der Waals surface area contributed by atoms with Crippen molar-refractivity contribution in [1.82, 2.24) is 9.88 Å². The molecule has 0 unspecified atom stereocenters. The van der Waals surface area contributed by atoms with Gasteiger partial charge in [0.2, 0.25) is 5.89 Å². The van der Waals surface area contributed by atoms with Crippen LogP contribution in [-0.4, -0.2) is 45.1 Å². The van der Waals surface area contributed by atoms with Gasteiger partial charge in [0.15, 0.2) is 5.58 Å². The number of oxazole rings is 1. The maximum absolute atomic E-state index is 9.10. The van der Waals surface area contributed by atoms with Crippen molar-refractivity contribution in [3.63, 3.8) is 0 Å². The van der Waals surface area contributed by atoms with Gasteiger partial charge in [0.25, 0.3) is 0 Å². The Balaban J connectivity index is 0.000000330. The summed E-state index contributed by atoms with van der Waals surface area (Å²) >= 11 is 0. The minimum atomic E-state index is -1.82. The Labute approximate surface area is 161 Å². The summed E-state index contributed by atoms with van der Waals surface area (Å²) in [5.74, 6) is -2.87. The van der Waals surface area contributed by atoms with Crippen LogP contribution in [0.5, 0.6) is 0 Å². The van der Waals surface area contributed by atoms with E-state index in [2.05, 4.69) is 46.3 Å². The van der Waals surface area contributed by atoms with Crippen LogP contribution in [0.1, 0.15) is 17.9 Å². The van der Waals surface area contributed by atoms with Crippen molar-refractivity contribution in [3.05, 3.63) is 72.1 Å². The van der Waals surface area contributed by atoms with Gasteiger partial charge in [-0.25, -0.2) is 14.6 Å². The van der Waals surface area contributed by atoms with Gasteiger partial charge in [-0.15, -0.1) is 0 Å². The Bertz CT molecular complexity index is 949. The van der Waals surface area contributed by atoms with Crippen LogP contribution in [0.4, 0.5) is 0 Å². The standard InChI is InChI=1S/C19H18N2O.C2H2O4/c1-2-6-15(7-3-1)14-21-12-10-16(11-13-21)19-20-17-8-4-5-9-18(17)22-19;3-1(4)2(5)6/h1-10H,11-14H2;(H,3,4)(H,5,6). The van der Waals surface area contributed by atoms with Crippen LogP contribution in [0.3, 0.4) is 0 Å². The lowest BCUT2D eigenvalue weighted by Gasteiger charge is -2.25. The van der Waals surface area contributed by atoms with Crippen molar-refractivity contribution in [3.8, 4) is 0 Å². The molecule has 7 heteroatoms. The molecule has 0 radical (unpaired) electrons. The Morgan fingerprint density at radius 2 is 1.68 bits per heavy atom. The molecule has 0 spiro atoms. The van der Waals surface area contributed by atoms with Crippen LogP contribution in [0, 0.1) is 0 Å². The molecular formula is C21H20N2O5. The minimum Gasteiger partial charge on any atom is -0.473 e. The van der Waals surface area contributed by atoms with E-state index >= 15 is 0 Å². The van der Waals surface area contributed by atoms with Crippen molar-refractivity contribution in [2.75, 3.05) is 13.1 Å². The molecule has 0 bridgehead atoms. The van der Waals surface area contributed by atoms with E-state index in [9.17, 15) is 0 Å². The van der Waals surface area contributed by atoms with Crippen LogP contribution in [0.15, 0.2) is 65.1 Å². The number of para-hydroxylation sites is 2. The first-order valence-corrected chi connectivity index (χ1v) is 8.80. The summed E-state index contributed by atoms with van der Waals surface area (Å²) in [4.78, 5) is 25.2. The molecule has 2 heterocycles. The highest BCUT2D eigenvalue weighted by Crippen LogP contribution is 2.25. The van der Waals surface area contributed by atoms with Crippen LogP contribution in [0.2, 0.25) is 0 Å². The average molecular weight is 380 g/mol. The topological polar surface area (TPSA) is 104 Å². The third kappa shape index (κ3) is 5.05. The number of nitrogens with zero attached hydrogens (tertiary/aromatic N) is 2. The summed E-state index contributed by atoms with van der Waals surface area (Å²) in [6.45, 7) is 2.99. The molecule has 0 saturated carbocycles. The fourth-order valence-electron chi connectivity index (χ4n) is 2.90. The molecule has 0 atom stereocenters. The molecule has 1 aliphatic heterocycles. The SMILES string of the molecule is C1=C(c2nc3ccccc3o2)CCN(Cc2ccccc2)C1.O=C(O)C(=O)O. The molecule has 3 aromatic rings. The zero-order chi connectivity index (χ0) is 19.9. The summed E-state index contributed by atoms with van der Waals surface area (Å²) in [7, 11) is 0. The summed E-state index contributed by atoms with van der Waals surface area (Å²) in [5, 5.41) is 14.8. The normalized spacial score (nSPS) is 14.1. The lowest BCUT2D eigenvalue weighted by atomic mass is 10.1. The van der Waals surface area contributed by atoms with Gasteiger partial charge in [0.1, 0.15) is 5.52 Å². The number of carboxylic acids is 2. The number of fused-ring (bicyclic) bond motifs is 1. The number of benzene rings is 2. The van der Waals surface area contributed by atoms with Gasteiger partial charge in [-0.1, -0.05) is 48.5 Å². The lowest BCUT2D eigenvalue weighted by Crippen LogP contribution is -2.28. The Kier molecular flexibility index (Phi) is 6.18. The van der Waals surface area contributed by atoms with E-state index in [1.165, 1.54) is 11.1 Å². The summed E-state index contributed by atoms with van der Waals surface area (Å²) < 4.78 is 5.86. The van der Waals surface area contributed by atoms with E-state index in [1.807, 2.05) is 24.3 Å². The van der Waals surface area contributed by atoms with Crippen LogP contribution < -0.4 is 0 Å². The van der Waals surface area contributed by atoms with E-state index in [0.717, 1.165) is 43.0 Å². The van der Waals surface area contributed by atoms with Crippen molar-refractivity contribution in [2.45, 2.75) is 13.0 Å². The van der Waals surface area contributed by atoms with Crippen LogP contribution in [-0.2, 0) is 16.1 Å². The number of hydrogen-bond donors (Lipinski definition) is 2. The molecule has 0 aliphatic carbocycles. The third-order valence-corrected chi connectivity index (χ3v) is 4.29. The quantitative estimate of drug-likeness (QED) is 0.672. The molecule has 0 saturated heterocycles. The lowest BCUT2D eigenvalue weighted by molar-refractivity contribution is -0.159. The molecule has 1 aromatic heterocycles. The van der Waals surface area contributed by atoms with Gasteiger partial charge in [0, 0.05) is 25.2 Å². The minimum absolute atomic E-state index is 0.778. The maximum atomic E-state index is 9.10. The Morgan fingerprint density at radius 3 is 2.29 bits per heavy atom. The van der Waals surface area contributed by atoms with Gasteiger partial charge in [0.05, 0.1) is 0 Å². The first-order chi connectivity index (χ1) is 13.5. The Morgan fingerprint density at radius 1 is 1.00 bits per heavy atom. The summed E-state index contributed by atoms with van der Waals surface area (Å²) in [6.07, 6.45) is 3.23. The molecule has 7 nitrogen and oxygen atoms in total. The van der Waals surface area contributed by atoms with E-state index in [1.54, 1.807) is 0 Å². The fourth-order valence-corrected chi connectivity index (χ4v) is 2.90. The maximum Gasteiger partial charge on any atom is 0.414 e. The first-order valence-electron chi connectivity index (χ1n) is 8.80. The number of carbonyl (C=O) groups is 2. The highest BCUT2D eigenvalue weighted by Gasteiger charge is 2.17.